The molecular weight excluding hydrogens is 162 g/mol. The van der Waals surface area contributed by atoms with E-state index in [1.165, 1.54) is 0 Å². The van der Waals surface area contributed by atoms with Crippen molar-refractivity contribution in [2.24, 2.45) is 5.84 Å². The number of hydrazine groups is 1. The lowest BCUT2D eigenvalue weighted by Crippen LogP contribution is -2.58. The highest BCUT2D eigenvalue weighted by atomic mass is 15.3. The second-order valence-corrected chi connectivity index (χ2v) is 4.11. The quantitative estimate of drug-likeness (QED) is 0.487. The Morgan fingerprint density at radius 2 is 1.92 bits per heavy atom. The molecule has 0 amide bonds. The van der Waals surface area contributed by atoms with Crippen LogP contribution in [0.3, 0.4) is 0 Å². The van der Waals surface area contributed by atoms with Crippen LogP contribution < -0.4 is 11.3 Å². The van der Waals surface area contributed by atoms with Gasteiger partial charge in [0, 0.05) is 11.6 Å². The maximum Gasteiger partial charge on any atom is 0.0391 e. The third-order valence-corrected chi connectivity index (χ3v) is 3.27. The number of likely N-dealkylation sites (N-methyl/N-ethyl adjacent to an activating group) is 1. The highest BCUT2D eigenvalue weighted by Crippen LogP contribution is 2.23. The Morgan fingerprint density at radius 3 is 2.15 bits per heavy atom. The zero-order valence-electron chi connectivity index (χ0n) is 9.72. The minimum absolute atomic E-state index is 0.157. The van der Waals surface area contributed by atoms with E-state index in [1.54, 1.807) is 0 Å². The van der Waals surface area contributed by atoms with Gasteiger partial charge in [-0.25, -0.2) is 0 Å². The fourth-order valence-electron chi connectivity index (χ4n) is 1.74. The lowest BCUT2D eigenvalue weighted by Gasteiger charge is -2.42. The van der Waals surface area contributed by atoms with Gasteiger partial charge >= 0.3 is 0 Å². The zero-order valence-corrected chi connectivity index (χ0v) is 9.72. The topological polar surface area (TPSA) is 41.3 Å². The van der Waals surface area contributed by atoms with E-state index in [0.717, 1.165) is 19.3 Å². The van der Waals surface area contributed by atoms with Crippen molar-refractivity contribution in [2.75, 3.05) is 14.1 Å². The predicted molar refractivity (Wildman–Crippen MR) is 58.4 cm³/mol. The van der Waals surface area contributed by atoms with Crippen LogP contribution in [0.15, 0.2) is 0 Å². The minimum atomic E-state index is 0.157. The molecule has 0 aliphatic rings. The van der Waals surface area contributed by atoms with Crippen LogP contribution in [0.4, 0.5) is 0 Å². The third kappa shape index (κ3) is 2.93. The molecule has 0 spiro atoms. The number of nitrogens with one attached hydrogen (secondary N) is 1. The summed E-state index contributed by atoms with van der Waals surface area (Å²) in [4.78, 5) is 2.26. The molecule has 0 rings (SSSR count). The maximum absolute atomic E-state index is 5.58. The molecule has 0 radical (unpaired) electrons. The number of nitrogens with two attached hydrogens (primary N) is 1. The van der Waals surface area contributed by atoms with E-state index in [4.69, 9.17) is 5.84 Å². The Bertz CT molecular complexity index is 136. The summed E-state index contributed by atoms with van der Waals surface area (Å²) in [5, 5.41) is 0. The molecule has 0 bridgehead atoms. The van der Waals surface area contributed by atoms with Crippen molar-refractivity contribution in [3.63, 3.8) is 0 Å². The van der Waals surface area contributed by atoms with Gasteiger partial charge in [0.25, 0.3) is 0 Å². The molecule has 3 nitrogen and oxygen atoms in total. The fraction of sp³-hybridized carbons (Fsp3) is 1.00. The Morgan fingerprint density at radius 1 is 1.38 bits per heavy atom. The van der Waals surface area contributed by atoms with Crippen molar-refractivity contribution in [3.05, 3.63) is 0 Å². The standard InChI is InChI=1S/C10H25N3/c1-6-8-9(12-11)10(3,7-2)13(4)5/h9,12H,6-8,11H2,1-5H3. The number of hydrogen-bond donors (Lipinski definition) is 2. The fourth-order valence-corrected chi connectivity index (χ4v) is 1.74. The zero-order chi connectivity index (χ0) is 10.5. The van der Waals surface area contributed by atoms with Crippen molar-refractivity contribution in [1.82, 2.24) is 10.3 Å². The average Bonchev–Trinajstić information content (AvgIpc) is 2.12. The summed E-state index contributed by atoms with van der Waals surface area (Å²) in [7, 11) is 4.23. The SMILES string of the molecule is CCCC(NN)C(C)(CC)N(C)C. The first kappa shape index (κ1) is 12.9. The molecule has 0 aromatic rings. The van der Waals surface area contributed by atoms with E-state index in [2.05, 4.69) is 45.2 Å². The maximum atomic E-state index is 5.58. The van der Waals surface area contributed by atoms with E-state index in [1.807, 2.05) is 0 Å². The van der Waals surface area contributed by atoms with E-state index in [9.17, 15) is 0 Å². The van der Waals surface area contributed by atoms with Gasteiger partial charge < -0.3 is 4.90 Å². The highest BCUT2D eigenvalue weighted by molar-refractivity contribution is 4.92. The summed E-state index contributed by atoms with van der Waals surface area (Å²) in [5.74, 6) is 5.58. The van der Waals surface area contributed by atoms with Crippen LogP contribution in [-0.2, 0) is 0 Å². The average molecular weight is 187 g/mol. The van der Waals surface area contributed by atoms with Crippen molar-refractivity contribution >= 4 is 0 Å². The number of nitrogens with zero attached hydrogens (tertiary/aromatic N) is 1. The molecule has 0 saturated carbocycles. The first-order chi connectivity index (χ1) is 6.02. The van der Waals surface area contributed by atoms with Gasteiger partial charge in [-0.1, -0.05) is 20.3 Å². The lowest BCUT2D eigenvalue weighted by atomic mass is 9.86. The van der Waals surface area contributed by atoms with Crippen molar-refractivity contribution in [3.8, 4) is 0 Å². The molecule has 3 heteroatoms. The smallest absolute Gasteiger partial charge is 0.0391 e. The molecule has 2 unspecified atom stereocenters. The summed E-state index contributed by atoms with van der Waals surface area (Å²) in [6, 6.07) is 0.373. The molecule has 0 aliphatic carbocycles. The molecule has 3 N–H and O–H groups in total. The van der Waals surface area contributed by atoms with Crippen molar-refractivity contribution < 1.29 is 0 Å². The highest BCUT2D eigenvalue weighted by Gasteiger charge is 2.33. The van der Waals surface area contributed by atoms with E-state index in [0.29, 0.717) is 6.04 Å². The number of rotatable bonds is 6. The molecule has 0 aliphatic heterocycles. The van der Waals surface area contributed by atoms with Crippen LogP contribution >= 0.6 is 0 Å². The normalized spacial score (nSPS) is 18.7. The first-order valence-corrected chi connectivity index (χ1v) is 5.16. The predicted octanol–water partition coefficient (Wildman–Crippen LogP) is 1.35. The Labute approximate surface area is 82.6 Å². The largest absolute Gasteiger partial charge is 0.302 e. The first-order valence-electron chi connectivity index (χ1n) is 5.16. The van der Waals surface area contributed by atoms with Gasteiger partial charge in [0.2, 0.25) is 0 Å². The molecule has 0 heterocycles. The number of hydrogen-bond acceptors (Lipinski definition) is 3. The third-order valence-electron chi connectivity index (χ3n) is 3.27. The van der Waals surface area contributed by atoms with Crippen LogP contribution in [0, 0.1) is 0 Å². The molecule has 0 fully saturated rings. The molecular formula is C10H25N3. The van der Waals surface area contributed by atoms with Gasteiger partial charge in [-0.05, 0) is 33.9 Å². The summed E-state index contributed by atoms with van der Waals surface area (Å²) >= 11 is 0. The van der Waals surface area contributed by atoms with Gasteiger partial charge in [0.1, 0.15) is 0 Å². The van der Waals surface area contributed by atoms with Crippen LogP contribution in [-0.4, -0.2) is 30.6 Å². The van der Waals surface area contributed by atoms with E-state index in [-0.39, 0.29) is 5.54 Å². The Balaban J connectivity index is 4.48. The van der Waals surface area contributed by atoms with Gasteiger partial charge in [-0.15, -0.1) is 0 Å². The monoisotopic (exact) mass is 187 g/mol. The molecule has 13 heavy (non-hydrogen) atoms. The summed E-state index contributed by atoms with van der Waals surface area (Å²) in [6.07, 6.45) is 3.40. The van der Waals surface area contributed by atoms with Crippen molar-refractivity contribution in [2.45, 2.75) is 51.6 Å². The second-order valence-electron chi connectivity index (χ2n) is 4.11. The van der Waals surface area contributed by atoms with E-state index < -0.39 is 0 Å². The molecule has 0 aromatic carbocycles. The van der Waals surface area contributed by atoms with Gasteiger partial charge in [0.05, 0.1) is 0 Å². The molecule has 2 atom stereocenters. The van der Waals surface area contributed by atoms with Crippen LogP contribution in [0.5, 0.6) is 0 Å². The van der Waals surface area contributed by atoms with Crippen LogP contribution in [0.1, 0.15) is 40.0 Å². The van der Waals surface area contributed by atoms with Crippen LogP contribution in [0.2, 0.25) is 0 Å². The van der Waals surface area contributed by atoms with E-state index >= 15 is 0 Å². The summed E-state index contributed by atoms with van der Waals surface area (Å²) < 4.78 is 0. The Hall–Kier alpha value is -0.120. The summed E-state index contributed by atoms with van der Waals surface area (Å²) in [5.41, 5.74) is 3.09. The minimum Gasteiger partial charge on any atom is -0.302 e. The Kier molecular flexibility index (Phi) is 5.53. The van der Waals surface area contributed by atoms with Gasteiger partial charge in [-0.3, -0.25) is 11.3 Å². The van der Waals surface area contributed by atoms with Crippen LogP contribution in [0.25, 0.3) is 0 Å². The molecule has 80 valence electrons. The molecule has 0 aromatic heterocycles. The lowest BCUT2D eigenvalue weighted by molar-refractivity contribution is 0.107. The molecule has 0 saturated heterocycles. The summed E-state index contributed by atoms with van der Waals surface area (Å²) in [6.45, 7) is 6.66. The second kappa shape index (κ2) is 5.58. The van der Waals surface area contributed by atoms with Gasteiger partial charge in [-0.2, -0.15) is 0 Å². The van der Waals surface area contributed by atoms with Crippen molar-refractivity contribution in [1.29, 1.82) is 0 Å². The van der Waals surface area contributed by atoms with Gasteiger partial charge in [0.15, 0.2) is 0 Å².